The van der Waals surface area contributed by atoms with Gasteiger partial charge in [0.15, 0.2) is 5.16 Å². The van der Waals surface area contributed by atoms with Crippen LogP contribution < -0.4 is 0 Å². The topological polar surface area (TPSA) is 28.7 Å². The molecule has 0 aliphatic carbocycles. The van der Waals surface area contributed by atoms with Crippen LogP contribution in [-0.4, -0.2) is 9.97 Å². The third-order valence-corrected chi connectivity index (χ3v) is 3.00. The van der Waals surface area contributed by atoms with E-state index in [2.05, 4.69) is 35.6 Å². The number of aryl methyl sites for hydroxylation is 1. The summed E-state index contributed by atoms with van der Waals surface area (Å²) in [6.07, 6.45) is 3.36. The monoisotopic (exact) mass is 240 g/mol. The number of halogens is 1. The third-order valence-electron chi connectivity index (χ3n) is 2.44. The number of thiol groups is 1. The molecular weight excluding hydrogens is 228 g/mol. The normalized spacial score (nSPS) is 11.1. The molecule has 0 unspecified atom stereocenters. The van der Waals surface area contributed by atoms with Crippen LogP contribution in [0.25, 0.3) is 11.0 Å². The van der Waals surface area contributed by atoms with Crippen molar-refractivity contribution in [2.24, 2.45) is 0 Å². The van der Waals surface area contributed by atoms with Crippen molar-refractivity contribution >= 4 is 35.3 Å². The van der Waals surface area contributed by atoms with Crippen molar-refractivity contribution in [2.45, 2.75) is 31.3 Å². The van der Waals surface area contributed by atoms with Crippen LogP contribution in [0.2, 0.25) is 5.02 Å². The molecule has 0 aliphatic heterocycles. The lowest BCUT2D eigenvalue weighted by atomic mass is 10.1. The first-order chi connectivity index (χ1) is 7.20. The van der Waals surface area contributed by atoms with Gasteiger partial charge in [0.1, 0.15) is 0 Å². The Balaban J connectivity index is 2.42. The number of rotatable bonds is 3. The van der Waals surface area contributed by atoms with Gasteiger partial charge in [0.05, 0.1) is 11.0 Å². The Labute approximate surface area is 99.5 Å². The summed E-state index contributed by atoms with van der Waals surface area (Å²) >= 11 is 10.3. The SMILES string of the molecule is CCCCc1cc2[nH]c(S)nc2cc1Cl. The number of aromatic nitrogens is 2. The molecule has 0 fully saturated rings. The van der Waals surface area contributed by atoms with E-state index in [1.54, 1.807) is 0 Å². The zero-order valence-electron chi connectivity index (χ0n) is 8.55. The van der Waals surface area contributed by atoms with E-state index < -0.39 is 0 Å². The van der Waals surface area contributed by atoms with Gasteiger partial charge >= 0.3 is 0 Å². The van der Waals surface area contributed by atoms with Crippen LogP contribution in [0.5, 0.6) is 0 Å². The van der Waals surface area contributed by atoms with Crippen molar-refractivity contribution in [3.8, 4) is 0 Å². The average Bonchev–Trinajstić information content (AvgIpc) is 2.53. The van der Waals surface area contributed by atoms with Gasteiger partial charge in [0.2, 0.25) is 0 Å². The number of aromatic amines is 1. The van der Waals surface area contributed by atoms with Crippen molar-refractivity contribution in [2.75, 3.05) is 0 Å². The van der Waals surface area contributed by atoms with Crippen molar-refractivity contribution in [3.05, 3.63) is 22.7 Å². The predicted octanol–water partition coefficient (Wildman–Crippen LogP) is 3.85. The molecule has 1 N–H and O–H groups in total. The molecular formula is C11H13ClN2S. The highest BCUT2D eigenvalue weighted by molar-refractivity contribution is 7.80. The molecule has 0 aliphatic rings. The van der Waals surface area contributed by atoms with E-state index in [4.69, 9.17) is 11.6 Å². The van der Waals surface area contributed by atoms with E-state index in [1.807, 2.05) is 6.07 Å². The van der Waals surface area contributed by atoms with Gasteiger partial charge in [-0.1, -0.05) is 24.9 Å². The Bertz CT molecular complexity index is 479. The molecule has 0 spiro atoms. The maximum absolute atomic E-state index is 6.17. The van der Waals surface area contributed by atoms with Gasteiger partial charge < -0.3 is 4.98 Å². The third kappa shape index (κ3) is 2.29. The molecule has 0 saturated carbocycles. The Kier molecular flexibility index (Phi) is 3.22. The minimum atomic E-state index is 0.633. The first kappa shape index (κ1) is 10.8. The predicted molar refractivity (Wildman–Crippen MR) is 67.0 cm³/mol. The Morgan fingerprint density at radius 2 is 2.27 bits per heavy atom. The Hall–Kier alpha value is -0.670. The second-order valence-electron chi connectivity index (χ2n) is 3.62. The molecule has 2 nitrogen and oxygen atoms in total. The number of benzene rings is 1. The molecule has 0 bridgehead atoms. The molecule has 0 atom stereocenters. The summed E-state index contributed by atoms with van der Waals surface area (Å²) in [5, 5.41) is 1.43. The number of unbranched alkanes of at least 4 members (excludes halogenated alkanes) is 1. The molecule has 15 heavy (non-hydrogen) atoms. The van der Waals surface area contributed by atoms with Crippen LogP contribution >= 0.6 is 24.2 Å². The maximum atomic E-state index is 6.17. The van der Waals surface area contributed by atoms with E-state index in [0.29, 0.717) is 5.16 Å². The fraction of sp³-hybridized carbons (Fsp3) is 0.364. The van der Waals surface area contributed by atoms with Crippen LogP contribution in [-0.2, 0) is 6.42 Å². The van der Waals surface area contributed by atoms with E-state index in [9.17, 15) is 0 Å². The lowest BCUT2D eigenvalue weighted by molar-refractivity contribution is 0.796. The van der Waals surface area contributed by atoms with Gasteiger partial charge in [-0.25, -0.2) is 4.98 Å². The van der Waals surface area contributed by atoms with Crippen LogP contribution in [0.4, 0.5) is 0 Å². The summed E-state index contributed by atoms with van der Waals surface area (Å²) < 4.78 is 0. The highest BCUT2D eigenvalue weighted by atomic mass is 35.5. The second-order valence-corrected chi connectivity index (χ2v) is 4.46. The second kappa shape index (κ2) is 4.45. The number of hydrogen-bond donors (Lipinski definition) is 2. The van der Waals surface area contributed by atoms with Gasteiger partial charge in [0, 0.05) is 5.02 Å². The van der Waals surface area contributed by atoms with Gasteiger partial charge in [-0.05, 0) is 30.5 Å². The molecule has 4 heteroatoms. The van der Waals surface area contributed by atoms with Crippen molar-refractivity contribution in [1.29, 1.82) is 0 Å². The van der Waals surface area contributed by atoms with E-state index in [1.165, 1.54) is 12.0 Å². The summed E-state index contributed by atoms with van der Waals surface area (Å²) in [6, 6.07) is 3.97. The van der Waals surface area contributed by atoms with Gasteiger partial charge in [-0.15, -0.1) is 12.6 Å². The summed E-state index contributed by atoms with van der Waals surface area (Å²) in [4.78, 5) is 7.32. The van der Waals surface area contributed by atoms with Crippen molar-refractivity contribution in [3.63, 3.8) is 0 Å². The Morgan fingerprint density at radius 1 is 1.47 bits per heavy atom. The van der Waals surface area contributed by atoms with E-state index in [-0.39, 0.29) is 0 Å². The van der Waals surface area contributed by atoms with Crippen LogP contribution in [0.1, 0.15) is 25.3 Å². The number of nitrogens with one attached hydrogen (secondary N) is 1. The fourth-order valence-corrected chi connectivity index (χ4v) is 2.10. The fourth-order valence-electron chi connectivity index (χ4n) is 1.62. The zero-order chi connectivity index (χ0) is 10.8. The zero-order valence-corrected chi connectivity index (χ0v) is 10.2. The molecule has 80 valence electrons. The van der Waals surface area contributed by atoms with Gasteiger partial charge in [0.25, 0.3) is 0 Å². The van der Waals surface area contributed by atoms with Crippen LogP contribution in [0.15, 0.2) is 17.3 Å². The lowest BCUT2D eigenvalue weighted by Gasteiger charge is -2.02. The molecule has 0 saturated heterocycles. The smallest absolute Gasteiger partial charge is 0.163 e. The molecule has 1 heterocycles. The molecule has 2 aromatic rings. The highest BCUT2D eigenvalue weighted by Crippen LogP contribution is 2.24. The quantitative estimate of drug-likeness (QED) is 0.784. The summed E-state index contributed by atoms with van der Waals surface area (Å²) in [7, 11) is 0. The summed E-state index contributed by atoms with van der Waals surface area (Å²) in [5.74, 6) is 0. The molecule has 1 aromatic heterocycles. The highest BCUT2D eigenvalue weighted by Gasteiger charge is 2.05. The largest absolute Gasteiger partial charge is 0.333 e. The van der Waals surface area contributed by atoms with Gasteiger partial charge in [-0.2, -0.15) is 0 Å². The number of H-pyrrole nitrogens is 1. The van der Waals surface area contributed by atoms with Gasteiger partial charge in [-0.3, -0.25) is 0 Å². The standard InChI is InChI=1S/C11H13ClN2S/c1-2-3-4-7-5-9-10(6-8(7)12)14-11(15)13-9/h5-6H,2-4H2,1H3,(H2,13,14,15). The lowest BCUT2D eigenvalue weighted by Crippen LogP contribution is -1.86. The van der Waals surface area contributed by atoms with Crippen molar-refractivity contribution in [1.82, 2.24) is 9.97 Å². The maximum Gasteiger partial charge on any atom is 0.163 e. The molecule has 2 rings (SSSR count). The molecule has 0 amide bonds. The molecule has 1 aromatic carbocycles. The number of fused-ring (bicyclic) bond motifs is 1. The first-order valence-electron chi connectivity index (χ1n) is 5.08. The van der Waals surface area contributed by atoms with E-state index in [0.717, 1.165) is 28.9 Å². The average molecular weight is 241 g/mol. The molecule has 0 radical (unpaired) electrons. The van der Waals surface area contributed by atoms with Crippen LogP contribution in [0.3, 0.4) is 0 Å². The van der Waals surface area contributed by atoms with Crippen LogP contribution in [0, 0.1) is 0 Å². The minimum Gasteiger partial charge on any atom is -0.333 e. The van der Waals surface area contributed by atoms with E-state index >= 15 is 0 Å². The number of imidazole rings is 1. The first-order valence-corrected chi connectivity index (χ1v) is 5.90. The minimum absolute atomic E-state index is 0.633. The van der Waals surface area contributed by atoms with Crippen molar-refractivity contribution < 1.29 is 0 Å². The summed E-state index contributed by atoms with van der Waals surface area (Å²) in [6.45, 7) is 2.18. The Morgan fingerprint density at radius 3 is 3.00 bits per heavy atom. The summed E-state index contributed by atoms with van der Waals surface area (Å²) in [5.41, 5.74) is 3.07. The number of nitrogens with zero attached hydrogens (tertiary/aromatic N) is 1. The number of hydrogen-bond acceptors (Lipinski definition) is 2.